The molecular formula is C57H50Br3N. The number of hydrogen-bond donors (Lipinski definition) is 0. The van der Waals surface area contributed by atoms with Crippen LogP contribution < -0.4 is 0 Å². The maximum atomic E-state index is 3.66. The monoisotopic (exact) mass is 985 g/mol. The number of aromatic nitrogens is 1. The number of nitrogens with zero attached hydrogens (tertiary/aromatic N) is 1. The molecule has 0 saturated heterocycles. The number of hydrogen-bond acceptors (Lipinski definition) is 0. The van der Waals surface area contributed by atoms with Crippen LogP contribution in [-0.2, 0) is 17.3 Å². The Kier molecular flexibility index (Phi) is 11.4. The van der Waals surface area contributed by atoms with E-state index < -0.39 is 0 Å². The molecule has 0 radical (unpaired) electrons. The summed E-state index contributed by atoms with van der Waals surface area (Å²) in [6.45, 7) is 9.24. The molecule has 0 spiro atoms. The van der Waals surface area contributed by atoms with Crippen molar-refractivity contribution < 1.29 is 0 Å². The van der Waals surface area contributed by atoms with Crippen molar-refractivity contribution in [2.45, 2.75) is 59.8 Å². The minimum atomic E-state index is -0.0246. The largest absolute Gasteiger partial charge is 0.309 e. The minimum absolute atomic E-state index is 0. The number of fused-ring (bicyclic) bond motifs is 12. The van der Waals surface area contributed by atoms with Gasteiger partial charge in [-0.15, -0.1) is 0 Å². The number of rotatable bonds is 1. The third kappa shape index (κ3) is 7.15. The van der Waals surface area contributed by atoms with E-state index in [2.05, 4.69) is 250 Å². The Balaban J connectivity index is 0.000000137. The second kappa shape index (κ2) is 16.4. The topological polar surface area (TPSA) is 4.93 Å². The van der Waals surface area contributed by atoms with Crippen LogP contribution >= 0.6 is 47.8 Å². The first-order valence-corrected chi connectivity index (χ1v) is 22.6. The smallest absolute Gasteiger partial charge is 0.0541 e. The molecule has 0 fully saturated rings. The molecule has 304 valence electrons. The van der Waals surface area contributed by atoms with E-state index in [1.54, 1.807) is 0 Å². The fourth-order valence-electron chi connectivity index (χ4n) is 9.80. The van der Waals surface area contributed by atoms with E-state index >= 15 is 0 Å². The fraction of sp³-hybridized carbons (Fsp3) is 0.158. The lowest BCUT2D eigenvalue weighted by Gasteiger charge is -2.22. The Morgan fingerprint density at radius 1 is 0.377 bits per heavy atom. The summed E-state index contributed by atoms with van der Waals surface area (Å²) >= 11 is 10.8. The van der Waals surface area contributed by atoms with Crippen molar-refractivity contribution >= 4 is 69.6 Å². The molecule has 1 aromatic heterocycles. The van der Waals surface area contributed by atoms with Crippen LogP contribution in [0.15, 0.2) is 183 Å². The lowest BCUT2D eigenvalue weighted by Crippen LogP contribution is -2.15. The van der Waals surface area contributed by atoms with Crippen molar-refractivity contribution in [1.29, 1.82) is 0 Å². The summed E-state index contributed by atoms with van der Waals surface area (Å²) < 4.78 is 5.84. The van der Waals surface area contributed by atoms with Gasteiger partial charge in [-0.2, -0.15) is 0 Å². The van der Waals surface area contributed by atoms with Gasteiger partial charge < -0.3 is 4.57 Å². The summed E-state index contributed by atoms with van der Waals surface area (Å²) in [4.78, 5) is 0. The van der Waals surface area contributed by atoms with Crippen LogP contribution in [0.4, 0.5) is 0 Å². The van der Waals surface area contributed by atoms with Crippen LogP contribution in [0.2, 0.25) is 0 Å². The van der Waals surface area contributed by atoms with Gasteiger partial charge >= 0.3 is 0 Å². The number of halogens is 3. The Hall–Kier alpha value is -5.00. The average molecular weight is 989 g/mol. The van der Waals surface area contributed by atoms with E-state index in [1.165, 1.54) is 94.3 Å². The zero-order valence-corrected chi connectivity index (χ0v) is 38.2. The van der Waals surface area contributed by atoms with Crippen molar-refractivity contribution in [3.05, 3.63) is 217 Å². The molecule has 1 nitrogen and oxygen atoms in total. The Bertz CT molecular complexity index is 2980. The van der Waals surface area contributed by atoms with Gasteiger partial charge in [0.05, 0.1) is 11.0 Å². The number of para-hydroxylation sites is 2. The van der Waals surface area contributed by atoms with Crippen molar-refractivity contribution in [2.75, 3.05) is 0 Å². The molecule has 3 aliphatic rings. The van der Waals surface area contributed by atoms with Crippen molar-refractivity contribution in [3.8, 4) is 39.1 Å². The highest BCUT2D eigenvalue weighted by Gasteiger charge is 2.37. The molecule has 0 N–H and O–H groups in total. The molecule has 61 heavy (non-hydrogen) atoms. The summed E-state index contributed by atoms with van der Waals surface area (Å²) in [5.41, 5.74) is 20.6. The molecule has 0 saturated carbocycles. The first-order valence-electron chi connectivity index (χ1n) is 20.2. The van der Waals surface area contributed by atoms with Gasteiger partial charge in [0.25, 0.3) is 0 Å². The fourth-order valence-corrected chi connectivity index (χ4v) is 10.9. The lowest BCUT2D eigenvalue weighted by molar-refractivity contribution is 0.659. The Morgan fingerprint density at radius 3 is 1.15 bits per heavy atom. The molecule has 12 rings (SSSR count). The molecule has 3 aliphatic carbocycles. The molecule has 0 atom stereocenters. The van der Waals surface area contributed by atoms with Crippen LogP contribution in [0, 0.1) is 0 Å². The van der Waals surface area contributed by atoms with Gasteiger partial charge in [0, 0.05) is 40.7 Å². The molecule has 0 unspecified atom stereocenters. The van der Waals surface area contributed by atoms with E-state index in [1.807, 2.05) is 0 Å². The van der Waals surface area contributed by atoms with Gasteiger partial charge in [0.15, 0.2) is 0 Å². The molecular weight excluding hydrogens is 938 g/mol. The highest BCUT2D eigenvalue weighted by molar-refractivity contribution is 9.11. The predicted molar refractivity (Wildman–Crippen MR) is 274 cm³/mol. The van der Waals surface area contributed by atoms with Crippen LogP contribution in [-0.4, -0.2) is 4.57 Å². The van der Waals surface area contributed by atoms with Gasteiger partial charge in [-0.3, -0.25) is 0 Å². The van der Waals surface area contributed by atoms with Crippen molar-refractivity contribution in [1.82, 2.24) is 4.57 Å². The molecule has 1 heterocycles. The zero-order chi connectivity index (χ0) is 40.6. The molecule has 0 bridgehead atoms. The van der Waals surface area contributed by atoms with Crippen LogP contribution in [0.3, 0.4) is 0 Å². The van der Waals surface area contributed by atoms with E-state index in [0.717, 1.165) is 19.8 Å². The second-order valence-electron chi connectivity index (χ2n) is 16.9. The summed E-state index contributed by atoms with van der Waals surface area (Å²) in [5.74, 6) is 0. The quantitative estimate of drug-likeness (QED) is 0.154. The van der Waals surface area contributed by atoms with E-state index in [9.17, 15) is 0 Å². The van der Waals surface area contributed by atoms with E-state index in [-0.39, 0.29) is 25.7 Å². The van der Waals surface area contributed by atoms with Crippen molar-refractivity contribution in [2.24, 2.45) is 0 Å². The Labute approximate surface area is 386 Å². The summed E-state index contributed by atoms with van der Waals surface area (Å²) in [6.07, 6.45) is 1.10. The van der Waals surface area contributed by atoms with Gasteiger partial charge in [0.2, 0.25) is 0 Å². The molecule has 0 aliphatic heterocycles. The SMILES string of the molecule is C.C.CC1(C)c2cc(Br)ccc2-c2ccc(-n3c4ccccc4c4ccccc43)cc21.CC1(C)c2cc(Br)ccc2-c2ccc(Br)cc21.c1ccc2c(c1)Cc1ccccc1-2. The summed E-state index contributed by atoms with van der Waals surface area (Å²) in [5, 5.41) is 2.60. The van der Waals surface area contributed by atoms with Gasteiger partial charge in [-0.1, -0.05) is 200 Å². The standard InChI is InChI=1S/C27H20BrN.C15H12Br2.C13H10.2CH4/c1-27(2)23-15-17(28)11-13-19(23)20-14-12-18(16-24(20)27)29-25-9-5-3-7-21(25)22-8-4-6-10-26(22)29;1-15(2)13-7-9(16)3-5-11(13)12-6-4-10(17)8-14(12)15;1-3-7-12-10(5-1)9-11-6-2-4-8-13(11)12;;/h3-16H,1-2H3;3-8H,1-2H3;1-8H,9H2;2*1H4. The maximum Gasteiger partial charge on any atom is 0.0541 e. The van der Waals surface area contributed by atoms with Crippen LogP contribution in [0.5, 0.6) is 0 Å². The van der Waals surface area contributed by atoms with E-state index in [4.69, 9.17) is 0 Å². The second-order valence-corrected chi connectivity index (χ2v) is 19.7. The molecule has 0 amide bonds. The molecule has 4 heteroatoms. The van der Waals surface area contributed by atoms with Gasteiger partial charge in [-0.25, -0.2) is 0 Å². The van der Waals surface area contributed by atoms with Crippen molar-refractivity contribution in [3.63, 3.8) is 0 Å². The highest BCUT2D eigenvalue weighted by atomic mass is 79.9. The molecule has 8 aromatic carbocycles. The third-order valence-electron chi connectivity index (χ3n) is 12.8. The van der Waals surface area contributed by atoms with E-state index in [0.29, 0.717) is 0 Å². The Morgan fingerprint density at radius 2 is 0.721 bits per heavy atom. The third-order valence-corrected chi connectivity index (χ3v) is 14.2. The summed E-state index contributed by atoms with van der Waals surface area (Å²) in [6, 6.07) is 61.5. The zero-order valence-electron chi connectivity index (χ0n) is 33.5. The van der Waals surface area contributed by atoms with Crippen LogP contribution in [0.1, 0.15) is 75.9 Å². The minimum Gasteiger partial charge on any atom is -0.309 e. The van der Waals surface area contributed by atoms with Gasteiger partial charge in [0.1, 0.15) is 0 Å². The summed E-state index contributed by atoms with van der Waals surface area (Å²) in [7, 11) is 0. The van der Waals surface area contributed by atoms with Crippen LogP contribution in [0.25, 0.3) is 60.9 Å². The highest BCUT2D eigenvalue weighted by Crippen LogP contribution is 2.51. The first-order chi connectivity index (χ1) is 28.5. The first kappa shape index (κ1) is 42.7. The number of benzene rings is 8. The lowest BCUT2D eigenvalue weighted by atomic mass is 9.82. The normalized spacial score (nSPS) is 13.8. The predicted octanol–water partition coefficient (Wildman–Crippen LogP) is 17.9. The van der Waals surface area contributed by atoms with Gasteiger partial charge in [-0.05, 0) is 134 Å². The molecule has 9 aromatic rings. The maximum absolute atomic E-state index is 3.66. The average Bonchev–Trinajstić information content (AvgIpc) is 3.92.